The van der Waals surface area contributed by atoms with Gasteiger partial charge < -0.3 is 10.4 Å². The predicted molar refractivity (Wildman–Crippen MR) is 50.1 cm³/mol. The van der Waals surface area contributed by atoms with E-state index in [0.717, 1.165) is 13.1 Å². The standard InChI is InChI=1S/C9H11N3O2/c13-9(14)8-1-3-11-12(8)4-2-7-5-10-6-7/h1-3,10H,4-6H2,(H,13,14). The summed E-state index contributed by atoms with van der Waals surface area (Å²) in [6.07, 6.45) is 3.51. The number of carbonyl (C=O) groups is 1. The smallest absolute Gasteiger partial charge is 0.354 e. The van der Waals surface area contributed by atoms with Gasteiger partial charge in [0.05, 0.1) is 6.54 Å². The molecule has 0 atom stereocenters. The largest absolute Gasteiger partial charge is 0.477 e. The van der Waals surface area contributed by atoms with Crippen LogP contribution in [-0.2, 0) is 6.54 Å². The Balaban J connectivity index is 2.08. The fraction of sp³-hybridized carbons (Fsp3) is 0.333. The van der Waals surface area contributed by atoms with Crippen LogP contribution in [0.5, 0.6) is 0 Å². The van der Waals surface area contributed by atoms with Crippen LogP contribution in [0.15, 0.2) is 23.9 Å². The van der Waals surface area contributed by atoms with E-state index in [0.29, 0.717) is 6.54 Å². The molecule has 14 heavy (non-hydrogen) atoms. The van der Waals surface area contributed by atoms with Gasteiger partial charge in [-0.3, -0.25) is 4.68 Å². The van der Waals surface area contributed by atoms with Crippen LogP contribution >= 0.6 is 0 Å². The van der Waals surface area contributed by atoms with Crippen molar-refractivity contribution >= 4 is 5.97 Å². The molecule has 1 aromatic heterocycles. The maximum absolute atomic E-state index is 10.7. The molecule has 5 nitrogen and oxygen atoms in total. The van der Waals surface area contributed by atoms with Gasteiger partial charge in [-0.15, -0.1) is 0 Å². The monoisotopic (exact) mass is 193 g/mol. The second-order valence-electron chi connectivity index (χ2n) is 3.17. The molecule has 0 saturated carbocycles. The highest BCUT2D eigenvalue weighted by atomic mass is 16.4. The van der Waals surface area contributed by atoms with Crippen molar-refractivity contribution in [2.24, 2.45) is 0 Å². The van der Waals surface area contributed by atoms with Crippen molar-refractivity contribution < 1.29 is 9.90 Å². The van der Waals surface area contributed by atoms with E-state index >= 15 is 0 Å². The summed E-state index contributed by atoms with van der Waals surface area (Å²) in [6, 6.07) is 1.50. The second kappa shape index (κ2) is 3.63. The predicted octanol–water partition coefficient (Wildman–Crippen LogP) is 0.111. The van der Waals surface area contributed by atoms with Gasteiger partial charge in [-0.2, -0.15) is 5.10 Å². The Hall–Kier alpha value is -1.62. The van der Waals surface area contributed by atoms with Crippen LogP contribution in [0, 0.1) is 0 Å². The van der Waals surface area contributed by atoms with E-state index in [-0.39, 0.29) is 5.69 Å². The summed E-state index contributed by atoms with van der Waals surface area (Å²) in [7, 11) is 0. The molecular formula is C9H11N3O2. The van der Waals surface area contributed by atoms with Crippen molar-refractivity contribution in [1.29, 1.82) is 0 Å². The first kappa shape index (κ1) is 8.96. The van der Waals surface area contributed by atoms with Gasteiger partial charge in [0, 0.05) is 19.3 Å². The number of carboxylic acid groups (broad SMARTS) is 1. The van der Waals surface area contributed by atoms with Crippen LogP contribution in [0.2, 0.25) is 0 Å². The molecule has 0 radical (unpaired) electrons. The maximum Gasteiger partial charge on any atom is 0.354 e. The highest BCUT2D eigenvalue weighted by molar-refractivity contribution is 5.85. The molecule has 0 amide bonds. The second-order valence-corrected chi connectivity index (χ2v) is 3.17. The molecule has 0 bridgehead atoms. The van der Waals surface area contributed by atoms with Crippen molar-refractivity contribution in [3.05, 3.63) is 29.6 Å². The summed E-state index contributed by atoms with van der Waals surface area (Å²) in [5.74, 6) is -0.937. The van der Waals surface area contributed by atoms with Crippen molar-refractivity contribution in [1.82, 2.24) is 15.1 Å². The number of rotatable bonds is 3. The molecule has 1 fully saturated rings. The normalized spacial score (nSPS) is 15.0. The van der Waals surface area contributed by atoms with Crippen molar-refractivity contribution in [3.63, 3.8) is 0 Å². The van der Waals surface area contributed by atoms with Crippen molar-refractivity contribution in [2.45, 2.75) is 6.54 Å². The molecule has 0 aromatic carbocycles. The number of nitrogens with zero attached hydrogens (tertiary/aromatic N) is 2. The van der Waals surface area contributed by atoms with Gasteiger partial charge in [-0.1, -0.05) is 6.08 Å². The lowest BCUT2D eigenvalue weighted by Crippen LogP contribution is -2.34. The molecule has 0 aliphatic carbocycles. The highest BCUT2D eigenvalue weighted by Crippen LogP contribution is 2.03. The Morgan fingerprint density at radius 1 is 1.71 bits per heavy atom. The van der Waals surface area contributed by atoms with Gasteiger partial charge in [0.2, 0.25) is 0 Å². The summed E-state index contributed by atoms with van der Waals surface area (Å²) in [4.78, 5) is 10.7. The Labute approximate surface area is 81.0 Å². The van der Waals surface area contributed by atoms with Crippen LogP contribution in [0.4, 0.5) is 0 Å². The number of nitrogens with one attached hydrogen (secondary N) is 1. The molecule has 1 aliphatic heterocycles. The minimum Gasteiger partial charge on any atom is -0.477 e. The SMILES string of the molecule is O=C(O)c1ccnn1CC=C1CNC1. The molecule has 1 aromatic rings. The quantitative estimate of drug-likeness (QED) is 0.669. The molecule has 0 unspecified atom stereocenters. The lowest BCUT2D eigenvalue weighted by molar-refractivity contribution is 0.0684. The number of hydrogen-bond acceptors (Lipinski definition) is 3. The lowest BCUT2D eigenvalue weighted by atomic mass is 10.1. The Kier molecular flexibility index (Phi) is 2.32. The van der Waals surface area contributed by atoms with Crippen molar-refractivity contribution in [3.8, 4) is 0 Å². The van der Waals surface area contributed by atoms with E-state index in [9.17, 15) is 4.79 Å². The molecule has 1 aliphatic rings. The summed E-state index contributed by atoms with van der Waals surface area (Å²) >= 11 is 0. The van der Waals surface area contributed by atoms with Crippen LogP contribution in [0.3, 0.4) is 0 Å². The molecule has 1 saturated heterocycles. The highest BCUT2D eigenvalue weighted by Gasteiger charge is 2.10. The number of aromatic carboxylic acids is 1. The third-order valence-electron chi connectivity index (χ3n) is 2.19. The number of hydrogen-bond donors (Lipinski definition) is 2. The summed E-state index contributed by atoms with van der Waals surface area (Å²) < 4.78 is 1.48. The van der Waals surface area contributed by atoms with E-state index in [2.05, 4.69) is 10.4 Å². The average molecular weight is 193 g/mol. The van der Waals surface area contributed by atoms with Crippen molar-refractivity contribution in [2.75, 3.05) is 13.1 Å². The molecule has 74 valence electrons. The molecule has 5 heteroatoms. The molecule has 2 heterocycles. The third-order valence-corrected chi connectivity index (χ3v) is 2.19. The first-order valence-corrected chi connectivity index (χ1v) is 4.41. The maximum atomic E-state index is 10.7. The number of aromatic nitrogens is 2. The molecule has 2 N–H and O–H groups in total. The van der Waals surface area contributed by atoms with Crippen LogP contribution in [0.25, 0.3) is 0 Å². The number of allylic oxidation sites excluding steroid dienone is 1. The summed E-state index contributed by atoms with van der Waals surface area (Å²) in [5.41, 5.74) is 1.53. The number of carboxylic acids is 1. The van der Waals surface area contributed by atoms with E-state index in [1.54, 1.807) is 0 Å². The first-order valence-electron chi connectivity index (χ1n) is 4.41. The molecular weight excluding hydrogens is 182 g/mol. The van der Waals surface area contributed by atoms with Gasteiger partial charge in [0.1, 0.15) is 5.69 Å². The Morgan fingerprint density at radius 3 is 3.07 bits per heavy atom. The zero-order valence-corrected chi connectivity index (χ0v) is 7.60. The zero-order chi connectivity index (χ0) is 9.97. The van der Waals surface area contributed by atoms with Crippen LogP contribution < -0.4 is 5.32 Å². The van der Waals surface area contributed by atoms with E-state index < -0.39 is 5.97 Å². The third kappa shape index (κ3) is 1.67. The Morgan fingerprint density at radius 2 is 2.50 bits per heavy atom. The topological polar surface area (TPSA) is 67.1 Å². The van der Waals surface area contributed by atoms with Gasteiger partial charge in [-0.25, -0.2) is 4.79 Å². The zero-order valence-electron chi connectivity index (χ0n) is 7.60. The van der Waals surface area contributed by atoms with Gasteiger partial charge >= 0.3 is 5.97 Å². The Bertz CT molecular complexity index is 375. The minimum absolute atomic E-state index is 0.231. The average Bonchev–Trinajstić information content (AvgIpc) is 2.49. The van der Waals surface area contributed by atoms with Gasteiger partial charge in [0.25, 0.3) is 0 Å². The molecule has 0 spiro atoms. The van der Waals surface area contributed by atoms with Crippen LogP contribution in [0.1, 0.15) is 10.5 Å². The van der Waals surface area contributed by atoms with Crippen LogP contribution in [-0.4, -0.2) is 33.9 Å². The van der Waals surface area contributed by atoms with E-state index in [1.165, 1.54) is 22.5 Å². The fourth-order valence-corrected chi connectivity index (χ4v) is 1.29. The van der Waals surface area contributed by atoms with E-state index in [1.807, 2.05) is 6.08 Å². The van der Waals surface area contributed by atoms with Gasteiger partial charge in [0.15, 0.2) is 0 Å². The summed E-state index contributed by atoms with van der Waals surface area (Å²) in [6.45, 7) is 2.35. The summed E-state index contributed by atoms with van der Waals surface area (Å²) in [5, 5.41) is 15.9. The molecule has 2 rings (SSSR count). The fourth-order valence-electron chi connectivity index (χ4n) is 1.29. The van der Waals surface area contributed by atoms with Gasteiger partial charge in [-0.05, 0) is 11.6 Å². The van der Waals surface area contributed by atoms with E-state index in [4.69, 9.17) is 5.11 Å². The minimum atomic E-state index is -0.937. The lowest BCUT2D eigenvalue weighted by Gasteiger charge is -2.18. The first-order chi connectivity index (χ1) is 6.77.